The van der Waals surface area contributed by atoms with Crippen LogP contribution in [-0.2, 0) is 15.7 Å². The van der Waals surface area contributed by atoms with E-state index in [0.29, 0.717) is 0 Å². The Morgan fingerprint density at radius 2 is 1.80 bits per heavy atom. The van der Waals surface area contributed by atoms with Gasteiger partial charge in [-0.25, -0.2) is 4.79 Å². The summed E-state index contributed by atoms with van der Waals surface area (Å²) in [6, 6.07) is 2.58. The summed E-state index contributed by atoms with van der Waals surface area (Å²) >= 11 is 0.973. The molecule has 20 heavy (non-hydrogen) atoms. The van der Waals surface area contributed by atoms with Gasteiger partial charge in [-0.1, -0.05) is 0 Å². The Morgan fingerprint density at radius 3 is 2.10 bits per heavy atom. The summed E-state index contributed by atoms with van der Waals surface area (Å²) in [7, 11) is 1.35. The molecule has 0 aliphatic carbocycles. The normalized spacial score (nSPS) is 10.3. The van der Waals surface area contributed by atoms with Gasteiger partial charge in [-0.3, -0.25) is 4.79 Å². The Balaban J connectivity index is 0.000000621. The van der Waals surface area contributed by atoms with Gasteiger partial charge in [0.15, 0.2) is 0 Å². The van der Waals surface area contributed by atoms with E-state index in [0.717, 1.165) is 30.0 Å². The molecule has 0 amide bonds. The van der Waals surface area contributed by atoms with Crippen molar-refractivity contribution in [3.8, 4) is 0 Å². The minimum Gasteiger partial charge on any atom is -0.478 e. The zero-order valence-corrected chi connectivity index (χ0v) is 11.8. The molecule has 4 nitrogen and oxygen atoms in total. The van der Waals surface area contributed by atoms with Crippen LogP contribution in [0.2, 0.25) is 0 Å². The maximum Gasteiger partial charge on any atom is 0.416 e. The Bertz CT molecular complexity index is 486. The molecule has 1 N–H and O–H groups in total. The zero-order chi connectivity index (χ0) is 15.9. The average Bonchev–Trinajstić information content (AvgIpc) is 2.37. The van der Waals surface area contributed by atoms with Gasteiger partial charge in [0.2, 0.25) is 0 Å². The summed E-state index contributed by atoms with van der Waals surface area (Å²) in [6.07, 6.45) is -2.91. The van der Waals surface area contributed by atoms with Crippen molar-refractivity contribution in [2.45, 2.75) is 18.0 Å². The third-order valence-corrected chi connectivity index (χ3v) is 2.82. The van der Waals surface area contributed by atoms with E-state index < -0.39 is 17.7 Å². The first-order chi connectivity index (χ1) is 9.13. The van der Waals surface area contributed by atoms with Crippen LogP contribution in [0.3, 0.4) is 0 Å². The first-order valence-electron chi connectivity index (χ1n) is 5.16. The van der Waals surface area contributed by atoms with Gasteiger partial charge in [0, 0.05) is 11.8 Å². The third-order valence-electron chi connectivity index (χ3n) is 2.05. The first kappa shape index (κ1) is 18.3. The van der Waals surface area contributed by atoms with Crippen LogP contribution in [0.4, 0.5) is 13.2 Å². The van der Waals surface area contributed by atoms with Crippen molar-refractivity contribution in [2.75, 3.05) is 13.4 Å². The Labute approximate surface area is 117 Å². The number of ether oxygens (including phenoxy) is 1. The van der Waals surface area contributed by atoms with Crippen molar-refractivity contribution in [3.63, 3.8) is 0 Å². The van der Waals surface area contributed by atoms with Crippen molar-refractivity contribution < 1.29 is 32.6 Å². The van der Waals surface area contributed by atoms with E-state index in [-0.39, 0.29) is 16.4 Å². The topological polar surface area (TPSA) is 63.6 Å². The standard InChI is InChI=1S/C9H7F3O2S.C3H6O2/c1-15-7-4-5(9(10,11)12)2-3-6(7)8(13)14;1-3(4)5-2/h2-4H,1H3,(H,13,14);1-2H3. The lowest BCUT2D eigenvalue weighted by atomic mass is 10.1. The lowest BCUT2D eigenvalue weighted by molar-refractivity contribution is -0.138. The molecule has 0 unspecified atom stereocenters. The van der Waals surface area contributed by atoms with Crippen LogP contribution < -0.4 is 0 Å². The van der Waals surface area contributed by atoms with Crippen LogP contribution in [0.15, 0.2) is 23.1 Å². The van der Waals surface area contributed by atoms with Crippen molar-refractivity contribution >= 4 is 23.7 Å². The summed E-state index contributed by atoms with van der Waals surface area (Å²) in [6.45, 7) is 1.36. The molecule has 0 bridgehead atoms. The van der Waals surface area contributed by atoms with Crippen LogP contribution in [-0.4, -0.2) is 30.4 Å². The summed E-state index contributed by atoms with van der Waals surface area (Å²) < 4.78 is 41.0. The van der Waals surface area contributed by atoms with Crippen LogP contribution in [0.25, 0.3) is 0 Å². The van der Waals surface area contributed by atoms with Gasteiger partial charge in [0.1, 0.15) is 0 Å². The highest BCUT2D eigenvalue weighted by atomic mass is 32.2. The van der Waals surface area contributed by atoms with Crippen LogP contribution in [0.5, 0.6) is 0 Å². The van der Waals surface area contributed by atoms with E-state index in [9.17, 15) is 22.8 Å². The Hall–Kier alpha value is -1.70. The molecule has 1 aromatic rings. The number of alkyl halides is 3. The lowest BCUT2D eigenvalue weighted by Crippen LogP contribution is -2.07. The maximum atomic E-state index is 12.3. The highest BCUT2D eigenvalue weighted by Gasteiger charge is 2.31. The number of carboxylic acids is 1. The molecule has 0 heterocycles. The van der Waals surface area contributed by atoms with E-state index >= 15 is 0 Å². The number of carbonyl (C=O) groups excluding carboxylic acids is 1. The van der Waals surface area contributed by atoms with Gasteiger partial charge in [-0.15, -0.1) is 11.8 Å². The second-order valence-electron chi connectivity index (χ2n) is 3.41. The summed E-state index contributed by atoms with van der Waals surface area (Å²) in [5, 5.41) is 8.70. The number of benzene rings is 1. The molecular formula is C12H13F3O4S. The fraction of sp³-hybridized carbons (Fsp3) is 0.333. The fourth-order valence-corrected chi connectivity index (χ4v) is 1.66. The predicted octanol–water partition coefficient (Wildman–Crippen LogP) is 3.30. The first-order valence-corrected chi connectivity index (χ1v) is 6.39. The van der Waals surface area contributed by atoms with E-state index in [1.807, 2.05) is 0 Å². The highest BCUT2D eigenvalue weighted by molar-refractivity contribution is 7.98. The lowest BCUT2D eigenvalue weighted by Gasteiger charge is -2.09. The number of hydrogen-bond acceptors (Lipinski definition) is 4. The molecule has 0 atom stereocenters. The molecule has 0 spiro atoms. The number of esters is 1. The van der Waals surface area contributed by atoms with Gasteiger partial charge in [0.25, 0.3) is 0 Å². The number of thioether (sulfide) groups is 1. The molecule has 0 aliphatic heterocycles. The van der Waals surface area contributed by atoms with Gasteiger partial charge in [-0.2, -0.15) is 13.2 Å². The average molecular weight is 310 g/mol. The Kier molecular flexibility index (Phi) is 7.12. The van der Waals surface area contributed by atoms with Crippen LogP contribution in [0.1, 0.15) is 22.8 Å². The van der Waals surface area contributed by atoms with Gasteiger partial charge < -0.3 is 9.84 Å². The molecule has 1 aromatic carbocycles. The fourth-order valence-electron chi connectivity index (χ4n) is 1.04. The monoisotopic (exact) mass is 310 g/mol. The van der Waals surface area contributed by atoms with Gasteiger partial charge >= 0.3 is 18.1 Å². The number of hydrogen-bond donors (Lipinski definition) is 1. The quantitative estimate of drug-likeness (QED) is 0.670. The number of rotatable bonds is 2. The number of methoxy groups -OCH3 is 1. The second-order valence-corrected chi connectivity index (χ2v) is 4.26. The number of aromatic carboxylic acids is 1. The van der Waals surface area contributed by atoms with Gasteiger partial charge in [0.05, 0.1) is 18.2 Å². The molecule has 8 heteroatoms. The minimum absolute atomic E-state index is 0.109. The molecule has 0 aliphatic rings. The van der Waals surface area contributed by atoms with E-state index in [4.69, 9.17) is 5.11 Å². The Morgan fingerprint density at radius 1 is 1.30 bits per heavy atom. The molecule has 1 rings (SSSR count). The van der Waals surface area contributed by atoms with Crippen molar-refractivity contribution in [2.24, 2.45) is 0 Å². The maximum absolute atomic E-state index is 12.3. The SMILES string of the molecule is COC(C)=O.CSc1cc(C(F)(F)F)ccc1C(=O)O. The smallest absolute Gasteiger partial charge is 0.416 e. The number of carboxylic acid groups (broad SMARTS) is 1. The van der Waals surface area contributed by atoms with Crippen LogP contribution >= 0.6 is 11.8 Å². The minimum atomic E-state index is -4.44. The predicted molar refractivity (Wildman–Crippen MR) is 67.9 cm³/mol. The summed E-state index contributed by atoms with van der Waals surface area (Å²) in [4.78, 5) is 20.3. The largest absolute Gasteiger partial charge is 0.478 e. The molecule has 0 saturated carbocycles. The van der Waals surface area contributed by atoms with E-state index in [1.165, 1.54) is 20.3 Å². The number of carbonyl (C=O) groups is 2. The summed E-state index contributed by atoms with van der Waals surface area (Å²) in [5.74, 6) is -1.47. The molecule has 0 saturated heterocycles. The van der Waals surface area contributed by atoms with Crippen molar-refractivity contribution in [3.05, 3.63) is 29.3 Å². The van der Waals surface area contributed by atoms with E-state index in [1.54, 1.807) is 0 Å². The second kappa shape index (κ2) is 7.78. The van der Waals surface area contributed by atoms with Gasteiger partial charge in [-0.05, 0) is 24.5 Å². The van der Waals surface area contributed by atoms with E-state index in [2.05, 4.69) is 4.74 Å². The molecule has 0 aromatic heterocycles. The molecule has 0 radical (unpaired) electrons. The molecule has 112 valence electrons. The highest BCUT2D eigenvalue weighted by Crippen LogP contribution is 2.33. The number of halogens is 3. The van der Waals surface area contributed by atoms with Crippen LogP contribution in [0, 0.1) is 0 Å². The summed E-state index contributed by atoms with van der Waals surface area (Å²) in [5.41, 5.74) is -0.952. The van der Waals surface area contributed by atoms with Crippen molar-refractivity contribution in [1.29, 1.82) is 0 Å². The van der Waals surface area contributed by atoms with Crippen molar-refractivity contribution in [1.82, 2.24) is 0 Å². The zero-order valence-electron chi connectivity index (χ0n) is 10.9. The molecule has 0 fully saturated rings. The third kappa shape index (κ3) is 5.96. The molecular weight excluding hydrogens is 297 g/mol.